The first-order chi connectivity index (χ1) is 14.5. The van der Waals surface area contributed by atoms with Crippen molar-refractivity contribution in [1.82, 2.24) is 19.6 Å². The molecule has 7 nitrogen and oxygen atoms in total. The Balaban J connectivity index is 1.28. The molecular weight excluding hydrogens is 448 g/mol. The monoisotopic (exact) mass is 472 g/mol. The summed E-state index contributed by atoms with van der Waals surface area (Å²) in [5, 5.41) is 4.40. The normalized spacial score (nSPS) is 14.8. The molecule has 1 fully saturated rings. The van der Waals surface area contributed by atoms with Crippen LogP contribution in [0.3, 0.4) is 0 Å². The summed E-state index contributed by atoms with van der Waals surface area (Å²) in [5.41, 5.74) is 2.29. The van der Waals surface area contributed by atoms with Crippen LogP contribution < -0.4 is 4.74 Å². The zero-order valence-corrected chi connectivity index (χ0v) is 18.8. The molecule has 1 aliphatic rings. The third kappa shape index (κ3) is 4.94. The fourth-order valence-electron chi connectivity index (χ4n) is 3.57. The maximum atomic E-state index is 12.8. The molecule has 0 aliphatic carbocycles. The number of rotatable bonds is 6. The fourth-order valence-corrected chi connectivity index (χ4v) is 3.83. The third-order valence-electron chi connectivity index (χ3n) is 5.24. The predicted octanol–water partition coefficient (Wildman–Crippen LogP) is 3.62. The Labute approximate surface area is 184 Å². The molecule has 0 radical (unpaired) electrons. The Morgan fingerprint density at radius 3 is 2.53 bits per heavy atom. The topological polar surface area (TPSA) is 63.7 Å². The smallest absolute Gasteiger partial charge is 0.289 e. The number of aromatic nitrogens is 2. The first kappa shape index (κ1) is 20.7. The first-order valence-corrected chi connectivity index (χ1v) is 10.7. The lowest BCUT2D eigenvalue weighted by molar-refractivity contribution is 0.0594. The van der Waals surface area contributed by atoms with E-state index in [1.54, 1.807) is 12.1 Å². The van der Waals surface area contributed by atoms with Crippen molar-refractivity contribution in [2.75, 3.05) is 26.2 Å². The zero-order chi connectivity index (χ0) is 21.1. The summed E-state index contributed by atoms with van der Waals surface area (Å²) in [7, 11) is 1.94. The van der Waals surface area contributed by atoms with E-state index in [0.717, 1.165) is 35.6 Å². The molecule has 0 spiro atoms. The summed E-state index contributed by atoms with van der Waals surface area (Å²) in [4.78, 5) is 17.0. The quantitative estimate of drug-likeness (QED) is 0.548. The van der Waals surface area contributed by atoms with Crippen LogP contribution in [0.1, 0.15) is 27.6 Å². The molecule has 158 valence electrons. The highest BCUT2D eigenvalue weighted by Crippen LogP contribution is 2.19. The van der Waals surface area contributed by atoms with Crippen molar-refractivity contribution in [3.63, 3.8) is 0 Å². The SMILES string of the molecule is Cc1nn(C)cc1CN1CCN(C(=O)c2ccc(COc3ccc(Br)cc3)o2)CC1. The van der Waals surface area contributed by atoms with E-state index in [1.165, 1.54) is 5.56 Å². The van der Waals surface area contributed by atoms with Gasteiger partial charge in [-0.3, -0.25) is 14.4 Å². The largest absolute Gasteiger partial charge is 0.486 e. The molecule has 0 bridgehead atoms. The lowest BCUT2D eigenvalue weighted by Gasteiger charge is -2.34. The number of carbonyl (C=O) groups excluding carboxylic acids is 1. The van der Waals surface area contributed by atoms with Gasteiger partial charge in [-0.2, -0.15) is 5.10 Å². The van der Waals surface area contributed by atoms with Gasteiger partial charge < -0.3 is 14.1 Å². The van der Waals surface area contributed by atoms with Crippen LogP contribution in [0.4, 0.5) is 0 Å². The van der Waals surface area contributed by atoms with E-state index in [4.69, 9.17) is 9.15 Å². The minimum atomic E-state index is -0.0675. The first-order valence-electron chi connectivity index (χ1n) is 9.96. The van der Waals surface area contributed by atoms with Crippen molar-refractivity contribution < 1.29 is 13.9 Å². The molecule has 1 aliphatic heterocycles. The number of piperazine rings is 1. The summed E-state index contributed by atoms with van der Waals surface area (Å²) >= 11 is 3.40. The molecule has 0 N–H and O–H groups in total. The second-order valence-corrected chi connectivity index (χ2v) is 8.41. The number of benzene rings is 1. The van der Waals surface area contributed by atoms with Crippen LogP contribution in [0.2, 0.25) is 0 Å². The van der Waals surface area contributed by atoms with E-state index >= 15 is 0 Å². The van der Waals surface area contributed by atoms with Crippen LogP contribution in [-0.2, 0) is 20.2 Å². The van der Waals surface area contributed by atoms with Crippen LogP contribution in [0.5, 0.6) is 5.75 Å². The highest BCUT2D eigenvalue weighted by Gasteiger charge is 2.25. The lowest BCUT2D eigenvalue weighted by atomic mass is 10.2. The predicted molar refractivity (Wildman–Crippen MR) is 116 cm³/mol. The minimum absolute atomic E-state index is 0.0675. The summed E-state index contributed by atoms with van der Waals surface area (Å²) in [6.07, 6.45) is 2.06. The highest BCUT2D eigenvalue weighted by atomic mass is 79.9. The number of furan rings is 1. The van der Waals surface area contributed by atoms with Gasteiger partial charge >= 0.3 is 0 Å². The highest BCUT2D eigenvalue weighted by molar-refractivity contribution is 9.10. The fraction of sp³-hybridized carbons (Fsp3) is 0.364. The van der Waals surface area contributed by atoms with E-state index in [-0.39, 0.29) is 12.5 Å². The number of carbonyl (C=O) groups is 1. The van der Waals surface area contributed by atoms with Gasteiger partial charge in [0.1, 0.15) is 18.1 Å². The van der Waals surface area contributed by atoms with E-state index in [1.807, 2.05) is 47.8 Å². The van der Waals surface area contributed by atoms with Gasteiger partial charge in [0, 0.05) is 56.0 Å². The molecule has 8 heteroatoms. The second kappa shape index (κ2) is 9.06. The van der Waals surface area contributed by atoms with Crippen LogP contribution in [-0.4, -0.2) is 51.7 Å². The van der Waals surface area contributed by atoms with Gasteiger partial charge in [-0.05, 0) is 43.3 Å². The zero-order valence-electron chi connectivity index (χ0n) is 17.2. The van der Waals surface area contributed by atoms with Crippen LogP contribution in [0.15, 0.2) is 51.5 Å². The van der Waals surface area contributed by atoms with E-state index in [9.17, 15) is 4.79 Å². The van der Waals surface area contributed by atoms with Crippen LogP contribution >= 0.6 is 15.9 Å². The van der Waals surface area contributed by atoms with Gasteiger partial charge in [-0.25, -0.2) is 0 Å². The van der Waals surface area contributed by atoms with Crippen molar-refractivity contribution in [3.05, 3.63) is 69.8 Å². The van der Waals surface area contributed by atoms with Gasteiger partial charge in [-0.1, -0.05) is 15.9 Å². The Morgan fingerprint density at radius 1 is 1.13 bits per heavy atom. The van der Waals surface area contributed by atoms with Crippen LogP contribution in [0, 0.1) is 6.92 Å². The molecule has 2 aromatic heterocycles. The Kier molecular flexibility index (Phi) is 6.24. The van der Waals surface area contributed by atoms with Gasteiger partial charge in [0.15, 0.2) is 5.76 Å². The van der Waals surface area contributed by atoms with Crippen molar-refractivity contribution in [3.8, 4) is 5.75 Å². The number of nitrogens with zero attached hydrogens (tertiary/aromatic N) is 4. The minimum Gasteiger partial charge on any atom is -0.486 e. The van der Waals surface area contributed by atoms with E-state index < -0.39 is 0 Å². The Hall–Kier alpha value is -2.58. The molecule has 4 rings (SSSR count). The van der Waals surface area contributed by atoms with Crippen molar-refractivity contribution >= 4 is 21.8 Å². The number of hydrogen-bond acceptors (Lipinski definition) is 5. The van der Waals surface area contributed by atoms with E-state index in [2.05, 4.69) is 32.1 Å². The van der Waals surface area contributed by atoms with E-state index in [0.29, 0.717) is 24.6 Å². The molecule has 3 heterocycles. The summed E-state index contributed by atoms with van der Waals surface area (Å²) in [6, 6.07) is 11.1. The molecule has 0 unspecified atom stereocenters. The molecule has 1 aromatic carbocycles. The Morgan fingerprint density at radius 2 is 1.87 bits per heavy atom. The van der Waals surface area contributed by atoms with Crippen molar-refractivity contribution in [2.24, 2.45) is 7.05 Å². The lowest BCUT2D eigenvalue weighted by Crippen LogP contribution is -2.48. The van der Waals surface area contributed by atoms with Gasteiger partial charge in [0.2, 0.25) is 0 Å². The summed E-state index contributed by atoms with van der Waals surface area (Å²) in [6.45, 7) is 6.21. The maximum absolute atomic E-state index is 12.8. The van der Waals surface area contributed by atoms with Gasteiger partial charge in [0.05, 0.1) is 5.69 Å². The second-order valence-electron chi connectivity index (χ2n) is 7.49. The third-order valence-corrected chi connectivity index (χ3v) is 5.76. The average Bonchev–Trinajstić information content (AvgIpc) is 3.34. The molecular formula is C22H25BrN4O3. The molecule has 30 heavy (non-hydrogen) atoms. The molecule has 0 atom stereocenters. The standard InChI is InChI=1S/C22H25BrN4O3/c1-16-17(13-25(2)24-16)14-26-9-11-27(12-10-26)22(28)21-8-7-20(30-21)15-29-19-5-3-18(23)4-6-19/h3-8,13H,9-12,14-15H2,1-2H3. The van der Waals surface area contributed by atoms with Crippen molar-refractivity contribution in [2.45, 2.75) is 20.1 Å². The summed E-state index contributed by atoms with van der Waals surface area (Å²) < 4.78 is 14.3. The van der Waals surface area contributed by atoms with Gasteiger partial charge in [0.25, 0.3) is 5.91 Å². The van der Waals surface area contributed by atoms with Crippen LogP contribution in [0.25, 0.3) is 0 Å². The molecule has 0 saturated carbocycles. The Bertz CT molecular complexity index is 1000. The van der Waals surface area contributed by atoms with Gasteiger partial charge in [-0.15, -0.1) is 0 Å². The number of halogens is 1. The number of ether oxygens (including phenoxy) is 1. The maximum Gasteiger partial charge on any atom is 0.289 e. The van der Waals surface area contributed by atoms with Crippen molar-refractivity contribution in [1.29, 1.82) is 0 Å². The number of aryl methyl sites for hydroxylation is 2. The number of amides is 1. The molecule has 3 aromatic rings. The molecule has 1 amide bonds. The molecule has 1 saturated heterocycles. The average molecular weight is 473 g/mol. The summed E-state index contributed by atoms with van der Waals surface area (Å²) in [5.74, 6) is 1.68. The number of hydrogen-bond donors (Lipinski definition) is 0.